The molecule has 5 aliphatic carbocycles. The molecule has 0 radical (unpaired) electrons. The smallest absolute Gasteiger partial charge is 0.302 e. The van der Waals surface area contributed by atoms with Gasteiger partial charge in [0.15, 0.2) is 0 Å². The van der Waals surface area contributed by atoms with E-state index in [9.17, 15) is 9.59 Å². The number of fused-ring (bicyclic) bond motifs is 7. The summed E-state index contributed by atoms with van der Waals surface area (Å²) in [5.41, 5.74) is 2.30. The summed E-state index contributed by atoms with van der Waals surface area (Å²) in [6.45, 7) is 23.1. The predicted octanol–water partition coefficient (Wildman–Crippen LogP) is 8.14. The Kier molecular flexibility index (Phi) is 6.76. The zero-order chi connectivity index (χ0) is 27.9. The van der Waals surface area contributed by atoms with E-state index in [2.05, 4.69) is 48.1 Å². The zero-order valence-electron chi connectivity index (χ0n) is 25.6. The summed E-state index contributed by atoms with van der Waals surface area (Å²) >= 11 is 0. The largest absolute Gasteiger partial charge is 0.465 e. The van der Waals surface area contributed by atoms with Crippen LogP contribution in [0.5, 0.6) is 0 Å². The van der Waals surface area contributed by atoms with Crippen molar-refractivity contribution in [3.8, 4) is 0 Å². The molecule has 5 fully saturated rings. The van der Waals surface area contributed by atoms with Gasteiger partial charge in [0.1, 0.15) is 6.10 Å². The van der Waals surface area contributed by atoms with Crippen LogP contribution in [-0.4, -0.2) is 24.6 Å². The molecule has 0 aliphatic heterocycles. The van der Waals surface area contributed by atoms with Gasteiger partial charge < -0.3 is 9.47 Å². The highest BCUT2D eigenvalue weighted by atomic mass is 16.5. The number of esters is 2. The van der Waals surface area contributed by atoms with E-state index in [-0.39, 0.29) is 39.7 Å². The van der Waals surface area contributed by atoms with E-state index < -0.39 is 0 Å². The van der Waals surface area contributed by atoms with Crippen molar-refractivity contribution in [2.75, 3.05) is 6.61 Å². The summed E-state index contributed by atoms with van der Waals surface area (Å²) in [5, 5.41) is 0. The number of carbonyl (C=O) groups is 2. The summed E-state index contributed by atoms with van der Waals surface area (Å²) in [7, 11) is 0. The minimum atomic E-state index is -0.140. The van der Waals surface area contributed by atoms with Crippen molar-refractivity contribution < 1.29 is 19.1 Å². The minimum absolute atomic E-state index is 0.00000109. The molecule has 0 aromatic heterocycles. The van der Waals surface area contributed by atoms with Crippen LogP contribution in [0.2, 0.25) is 0 Å². The Morgan fingerprint density at radius 2 is 1.47 bits per heavy atom. The van der Waals surface area contributed by atoms with Gasteiger partial charge in [-0.25, -0.2) is 0 Å². The van der Waals surface area contributed by atoms with Gasteiger partial charge in [-0.2, -0.15) is 0 Å². The Balaban J connectivity index is 1.49. The molecule has 0 heterocycles. The van der Waals surface area contributed by atoms with Gasteiger partial charge in [0.2, 0.25) is 0 Å². The van der Waals surface area contributed by atoms with Crippen molar-refractivity contribution in [3.63, 3.8) is 0 Å². The Morgan fingerprint density at radius 3 is 2.11 bits per heavy atom. The number of ether oxygens (including phenoxy) is 2. The fraction of sp³-hybridized carbons (Fsp3) is 0.882. The Bertz CT molecular complexity index is 998. The van der Waals surface area contributed by atoms with Crippen LogP contribution in [-0.2, 0) is 19.1 Å². The summed E-state index contributed by atoms with van der Waals surface area (Å²) in [6.07, 6.45) is 12.0. The molecule has 38 heavy (non-hydrogen) atoms. The summed E-state index contributed by atoms with van der Waals surface area (Å²) < 4.78 is 11.7. The van der Waals surface area contributed by atoms with Gasteiger partial charge in [0.25, 0.3) is 0 Å². The third-order valence-electron chi connectivity index (χ3n) is 14.0. The second-order valence-corrected chi connectivity index (χ2v) is 15.8. The van der Waals surface area contributed by atoms with E-state index in [0.29, 0.717) is 41.6 Å². The van der Waals surface area contributed by atoms with Crippen molar-refractivity contribution in [3.05, 3.63) is 12.2 Å². The molecule has 5 rings (SSSR count). The van der Waals surface area contributed by atoms with Crippen molar-refractivity contribution >= 4 is 11.9 Å². The molecule has 0 saturated heterocycles. The van der Waals surface area contributed by atoms with E-state index in [1.54, 1.807) is 13.8 Å². The maximum Gasteiger partial charge on any atom is 0.302 e. The Morgan fingerprint density at radius 1 is 0.763 bits per heavy atom. The molecule has 0 amide bonds. The fourth-order valence-corrected chi connectivity index (χ4v) is 12.2. The summed E-state index contributed by atoms with van der Waals surface area (Å²) in [5.74, 6) is 2.76. The molecule has 4 heteroatoms. The van der Waals surface area contributed by atoms with Gasteiger partial charge >= 0.3 is 11.9 Å². The van der Waals surface area contributed by atoms with Gasteiger partial charge in [-0.15, -0.1) is 0 Å². The average molecular weight is 527 g/mol. The summed E-state index contributed by atoms with van der Waals surface area (Å²) in [4.78, 5) is 23.8. The molecule has 10 atom stereocenters. The third kappa shape index (κ3) is 3.80. The third-order valence-corrected chi connectivity index (χ3v) is 14.0. The number of allylic oxidation sites excluding steroid dienone is 1. The van der Waals surface area contributed by atoms with E-state index in [1.807, 2.05) is 0 Å². The molecule has 0 unspecified atom stereocenters. The predicted molar refractivity (Wildman–Crippen MR) is 151 cm³/mol. The second kappa shape index (κ2) is 9.10. The van der Waals surface area contributed by atoms with Crippen molar-refractivity contribution in [2.45, 2.75) is 126 Å². The first kappa shape index (κ1) is 28.2. The van der Waals surface area contributed by atoms with Gasteiger partial charge in [-0.05, 0) is 117 Å². The van der Waals surface area contributed by atoms with Crippen molar-refractivity contribution in [2.24, 2.45) is 56.7 Å². The van der Waals surface area contributed by atoms with E-state index >= 15 is 0 Å². The molecule has 0 N–H and O–H groups in total. The van der Waals surface area contributed by atoms with Gasteiger partial charge in [0.05, 0.1) is 6.61 Å². The van der Waals surface area contributed by atoms with E-state index in [1.165, 1.54) is 56.9 Å². The SMILES string of the molecule is C=C(C)[C@@H]1CC[C@@]2(COC(C)=O)CC[C@]3(C)[C@H](CC[C@H]4[C@@]5(C)CC[C@H](OC(C)=O)C(C)(C)[C@@H]5CC[C@]43C)[C@@H]12. The van der Waals surface area contributed by atoms with Crippen LogP contribution in [0.25, 0.3) is 0 Å². The molecule has 5 aliphatic rings. The second-order valence-electron chi connectivity index (χ2n) is 15.8. The number of rotatable bonds is 4. The molecule has 214 valence electrons. The van der Waals surface area contributed by atoms with Crippen LogP contribution in [0.15, 0.2) is 12.2 Å². The van der Waals surface area contributed by atoms with E-state index in [4.69, 9.17) is 9.47 Å². The molecule has 0 bridgehead atoms. The maximum atomic E-state index is 11.9. The monoisotopic (exact) mass is 526 g/mol. The van der Waals surface area contributed by atoms with Crippen molar-refractivity contribution in [1.29, 1.82) is 0 Å². The van der Waals surface area contributed by atoms with E-state index in [0.717, 1.165) is 12.8 Å². The molecule has 0 spiro atoms. The van der Waals surface area contributed by atoms with Gasteiger partial charge in [0, 0.05) is 24.7 Å². The quantitative estimate of drug-likeness (QED) is 0.274. The van der Waals surface area contributed by atoms with Crippen LogP contribution in [0.4, 0.5) is 0 Å². The Labute approximate surface area is 232 Å². The number of hydrogen-bond donors (Lipinski definition) is 0. The lowest BCUT2D eigenvalue weighted by atomic mass is 9.32. The highest BCUT2D eigenvalue weighted by molar-refractivity contribution is 5.66. The first-order chi connectivity index (χ1) is 17.6. The van der Waals surface area contributed by atoms with Crippen LogP contribution in [0.1, 0.15) is 120 Å². The average Bonchev–Trinajstić information content (AvgIpc) is 3.20. The molecule has 0 aromatic rings. The molecular weight excluding hydrogens is 472 g/mol. The highest BCUT2D eigenvalue weighted by Crippen LogP contribution is 2.77. The lowest BCUT2D eigenvalue weighted by Gasteiger charge is -2.73. The first-order valence-electron chi connectivity index (χ1n) is 15.6. The molecule has 0 aromatic carbocycles. The molecule has 4 nitrogen and oxygen atoms in total. The van der Waals surface area contributed by atoms with Crippen molar-refractivity contribution in [1.82, 2.24) is 0 Å². The Hall–Kier alpha value is -1.32. The van der Waals surface area contributed by atoms with Crippen LogP contribution in [0.3, 0.4) is 0 Å². The van der Waals surface area contributed by atoms with Gasteiger partial charge in [-0.3, -0.25) is 9.59 Å². The minimum Gasteiger partial charge on any atom is -0.465 e. The standard InChI is InChI=1S/C34H54O4/c1-21(2)24-12-17-34(20-37-22(3)35)19-18-32(8)25(29(24)34)10-11-27-31(7)15-14-28(38-23(4)36)30(5,6)26(31)13-16-33(27,32)9/h24-29H,1,10-20H2,2-9H3/t24-,25+,26-,27-,28-,29+,31-,32+,33+,34-/m0/s1. The fourth-order valence-electron chi connectivity index (χ4n) is 12.2. The highest BCUT2D eigenvalue weighted by Gasteiger charge is 2.71. The topological polar surface area (TPSA) is 52.6 Å². The maximum absolute atomic E-state index is 11.9. The lowest BCUT2D eigenvalue weighted by Crippen LogP contribution is -2.67. The lowest BCUT2D eigenvalue weighted by molar-refractivity contribution is -0.252. The number of carbonyl (C=O) groups excluding carboxylic acids is 2. The van der Waals surface area contributed by atoms with Crippen LogP contribution in [0, 0.1) is 56.7 Å². The van der Waals surface area contributed by atoms with Gasteiger partial charge in [-0.1, -0.05) is 46.8 Å². The molecule has 5 saturated carbocycles. The van der Waals surface area contributed by atoms with Crippen LogP contribution >= 0.6 is 0 Å². The first-order valence-corrected chi connectivity index (χ1v) is 15.6. The zero-order valence-corrected chi connectivity index (χ0v) is 25.6. The summed E-state index contributed by atoms with van der Waals surface area (Å²) in [6, 6.07) is 0. The van der Waals surface area contributed by atoms with Crippen LogP contribution < -0.4 is 0 Å². The molecular formula is C34H54O4. The normalized spacial score (nSPS) is 49.1. The number of hydrogen-bond acceptors (Lipinski definition) is 4.